The maximum atomic E-state index is 11.7. The Morgan fingerprint density at radius 2 is 2.17 bits per heavy atom. The summed E-state index contributed by atoms with van der Waals surface area (Å²) in [7, 11) is 0. The second kappa shape index (κ2) is 7.71. The average molecular weight is 254 g/mol. The summed E-state index contributed by atoms with van der Waals surface area (Å²) in [6.45, 7) is 5.92. The van der Waals surface area contributed by atoms with Crippen molar-refractivity contribution in [1.82, 2.24) is 15.5 Å². The largest absolute Gasteiger partial charge is 0.395 e. The van der Waals surface area contributed by atoms with Gasteiger partial charge in [0.2, 0.25) is 0 Å². The third-order valence-corrected chi connectivity index (χ3v) is 2.60. The number of carbonyl (C=O) groups is 1. The predicted octanol–water partition coefficient (Wildman–Crippen LogP) is 1.24. The molecule has 0 fully saturated rings. The Balaban J connectivity index is 2.16. The maximum absolute atomic E-state index is 11.7. The molecule has 0 radical (unpaired) electrons. The fourth-order valence-corrected chi connectivity index (χ4v) is 1.42. The molecule has 18 heavy (non-hydrogen) atoms. The van der Waals surface area contributed by atoms with Gasteiger partial charge in [-0.05, 0) is 19.8 Å². The number of anilines is 1. The van der Waals surface area contributed by atoms with E-state index in [1.165, 1.54) is 0 Å². The highest BCUT2D eigenvalue weighted by molar-refractivity contribution is 5.97. The van der Waals surface area contributed by atoms with Gasteiger partial charge in [0.05, 0.1) is 11.4 Å². The van der Waals surface area contributed by atoms with Crippen molar-refractivity contribution in [1.29, 1.82) is 0 Å². The van der Waals surface area contributed by atoms with Gasteiger partial charge in [-0.25, -0.2) is 0 Å². The number of aryl methyl sites for hydroxylation is 1. The molecule has 0 aliphatic carbocycles. The minimum Gasteiger partial charge on any atom is -0.395 e. The van der Waals surface area contributed by atoms with Gasteiger partial charge in [-0.3, -0.25) is 9.89 Å². The number of hydrogen-bond acceptors (Lipinski definition) is 4. The van der Waals surface area contributed by atoms with Crippen LogP contribution in [0, 0.1) is 6.92 Å². The summed E-state index contributed by atoms with van der Waals surface area (Å²) in [6.07, 6.45) is 3.00. The van der Waals surface area contributed by atoms with Gasteiger partial charge in [-0.2, -0.15) is 5.10 Å². The van der Waals surface area contributed by atoms with Crippen molar-refractivity contribution in [2.75, 3.05) is 25.5 Å². The Morgan fingerprint density at radius 3 is 2.78 bits per heavy atom. The van der Waals surface area contributed by atoms with E-state index in [1.54, 1.807) is 6.92 Å². The van der Waals surface area contributed by atoms with Gasteiger partial charge in [0.1, 0.15) is 0 Å². The summed E-state index contributed by atoms with van der Waals surface area (Å²) >= 11 is 0. The number of rotatable bonds is 8. The van der Waals surface area contributed by atoms with E-state index in [-0.39, 0.29) is 11.6 Å². The molecule has 0 saturated heterocycles. The van der Waals surface area contributed by atoms with Crippen LogP contribution in [0.3, 0.4) is 0 Å². The number of ether oxygens (including phenoxy) is 1. The quantitative estimate of drug-likeness (QED) is 0.608. The molecule has 0 unspecified atom stereocenters. The van der Waals surface area contributed by atoms with Crippen molar-refractivity contribution < 1.29 is 9.53 Å². The van der Waals surface area contributed by atoms with Crippen LogP contribution in [0.1, 0.15) is 42.4 Å². The normalized spacial score (nSPS) is 10.6. The van der Waals surface area contributed by atoms with E-state index in [0.29, 0.717) is 24.5 Å². The van der Waals surface area contributed by atoms with E-state index in [4.69, 9.17) is 10.5 Å². The minimum atomic E-state index is -0.245. The molecule has 0 spiro atoms. The van der Waals surface area contributed by atoms with Crippen LogP contribution in [0.25, 0.3) is 0 Å². The molecule has 1 amide bonds. The van der Waals surface area contributed by atoms with E-state index >= 15 is 0 Å². The number of aromatic nitrogens is 2. The van der Waals surface area contributed by atoms with Gasteiger partial charge >= 0.3 is 0 Å². The lowest BCUT2D eigenvalue weighted by Crippen LogP contribution is -2.26. The highest BCUT2D eigenvalue weighted by atomic mass is 16.5. The number of nitrogens with two attached hydrogens (primary N) is 1. The van der Waals surface area contributed by atoms with E-state index in [1.807, 2.05) is 0 Å². The monoisotopic (exact) mass is 254 g/mol. The average Bonchev–Trinajstić information content (AvgIpc) is 2.69. The van der Waals surface area contributed by atoms with E-state index in [0.717, 1.165) is 25.9 Å². The van der Waals surface area contributed by atoms with Crippen molar-refractivity contribution in [3.8, 4) is 0 Å². The Bertz CT molecular complexity index is 376. The first-order valence-electron chi connectivity index (χ1n) is 6.33. The lowest BCUT2D eigenvalue weighted by molar-refractivity contribution is 0.0936. The number of aromatic amines is 1. The highest BCUT2D eigenvalue weighted by Crippen LogP contribution is 2.11. The Morgan fingerprint density at radius 1 is 1.44 bits per heavy atom. The van der Waals surface area contributed by atoms with Crippen LogP contribution in [-0.4, -0.2) is 35.9 Å². The van der Waals surface area contributed by atoms with Crippen LogP contribution in [0.4, 0.5) is 5.69 Å². The summed E-state index contributed by atoms with van der Waals surface area (Å²) in [5, 5.41) is 9.31. The van der Waals surface area contributed by atoms with Crippen LogP contribution in [-0.2, 0) is 4.74 Å². The zero-order valence-electron chi connectivity index (χ0n) is 11.1. The molecule has 0 aromatic carbocycles. The number of H-pyrrole nitrogens is 1. The summed E-state index contributed by atoms with van der Waals surface area (Å²) in [5.74, 6) is -0.245. The fourth-order valence-electron chi connectivity index (χ4n) is 1.42. The van der Waals surface area contributed by atoms with Gasteiger partial charge < -0.3 is 15.8 Å². The zero-order chi connectivity index (χ0) is 13.4. The lowest BCUT2D eigenvalue weighted by Gasteiger charge is -2.05. The molecule has 1 rings (SSSR count). The molecule has 1 aromatic heterocycles. The third kappa shape index (κ3) is 4.37. The Hall–Kier alpha value is -1.56. The number of nitrogens with zero attached hydrogens (tertiary/aromatic N) is 1. The van der Waals surface area contributed by atoms with Gasteiger partial charge in [0.15, 0.2) is 5.69 Å². The van der Waals surface area contributed by atoms with Crippen LogP contribution in [0.2, 0.25) is 0 Å². The SMILES string of the molecule is CCCCOCCCNC(=O)c1n[nH]c(C)c1N. The number of unbranched alkanes of at least 4 members (excludes halogenated alkanes) is 1. The number of hydrogen-bond donors (Lipinski definition) is 3. The molecule has 0 bridgehead atoms. The van der Waals surface area contributed by atoms with Crippen molar-refractivity contribution >= 4 is 11.6 Å². The first-order chi connectivity index (χ1) is 8.66. The Kier molecular flexibility index (Phi) is 6.21. The highest BCUT2D eigenvalue weighted by Gasteiger charge is 2.14. The molecule has 1 aromatic rings. The summed E-state index contributed by atoms with van der Waals surface area (Å²) < 4.78 is 5.39. The van der Waals surface area contributed by atoms with Gasteiger partial charge in [-0.15, -0.1) is 0 Å². The van der Waals surface area contributed by atoms with Crippen LogP contribution in [0.15, 0.2) is 0 Å². The van der Waals surface area contributed by atoms with Crippen LogP contribution in [0.5, 0.6) is 0 Å². The molecule has 6 heteroatoms. The van der Waals surface area contributed by atoms with E-state index < -0.39 is 0 Å². The zero-order valence-corrected chi connectivity index (χ0v) is 11.1. The molecule has 1 heterocycles. The van der Waals surface area contributed by atoms with E-state index in [9.17, 15) is 4.79 Å². The maximum Gasteiger partial charge on any atom is 0.273 e. The molecular formula is C12H22N4O2. The number of amides is 1. The summed E-state index contributed by atoms with van der Waals surface area (Å²) in [4.78, 5) is 11.7. The van der Waals surface area contributed by atoms with Gasteiger partial charge in [0, 0.05) is 19.8 Å². The van der Waals surface area contributed by atoms with Gasteiger partial charge in [0.25, 0.3) is 5.91 Å². The number of carbonyl (C=O) groups excluding carboxylic acids is 1. The molecule has 102 valence electrons. The smallest absolute Gasteiger partial charge is 0.273 e. The van der Waals surface area contributed by atoms with Gasteiger partial charge in [-0.1, -0.05) is 13.3 Å². The van der Waals surface area contributed by atoms with Crippen molar-refractivity contribution in [2.24, 2.45) is 0 Å². The molecular weight excluding hydrogens is 232 g/mol. The molecule has 0 atom stereocenters. The van der Waals surface area contributed by atoms with Crippen molar-refractivity contribution in [2.45, 2.75) is 33.1 Å². The Labute approximate surface area is 107 Å². The summed E-state index contributed by atoms with van der Waals surface area (Å²) in [6, 6.07) is 0. The second-order valence-corrected chi connectivity index (χ2v) is 4.19. The van der Waals surface area contributed by atoms with Crippen LogP contribution >= 0.6 is 0 Å². The number of nitrogens with one attached hydrogen (secondary N) is 2. The number of nitrogen functional groups attached to an aromatic ring is 1. The minimum absolute atomic E-state index is 0.245. The molecule has 6 nitrogen and oxygen atoms in total. The third-order valence-electron chi connectivity index (χ3n) is 2.60. The lowest BCUT2D eigenvalue weighted by atomic mass is 10.3. The predicted molar refractivity (Wildman–Crippen MR) is 70.4 cm³/mol. The molecule has 4 N–H and O–H groups in total. The first-order valence-corrected chi connectivity index (χ1v) is 6.33. The van der Waals surface area contributed by atoms with Crippen LogP contribution < -0.4 is 11.1 Å². The first kappa shape index (κ1) is 14.5. The topological polar surface area (TPSA) is 93.0 Å². The molecule has 0 aliphatic heterocycles. The summed E-state index contributed by atoms with van der Waals surface area (Å²) in [5.41, 5.74) is 7.09. The van der Waals surface area contributed by atoms with Crippen molar-refractivity contribution in [3.63, 3.8) is 0 Å². The standard InChI is InChI=1S/C12H22N4O2/c1-3-4-7-18-8-5-6-14-12(17)11-10(13)9(2)15-16-11/h3-8,13H2,1-2H3,(H,14,17)(H,15,16). The molecule has 0 saturated carbocycles. The second-order valence-electron chi connectivity index (χ2n) is 4.19. The molecule has 0 aliphatic rings. The fraction of sp³-hybridized carbons (Fsp3) is 0.667. The van der Waals surface area contributed by atoms with Crippen molar-refractivity contribution in [3.05, 3.63) is 11.4 Å². The van der Waals surface area contributed by atoms with E-state index in [2.05, 4.69) is 22.4 Å².